The Bertz CT molecular complexity index is 1670. The van der Waals surface area contributed by atoms with Gasteiger partial charge in [0, 0.05) is 44.8 Å². The third-order valence-electron chi connectivity index (χ3n) is 8.98. The Morgan fingerprint density at radius 1 is 1.16 bits per heavy atom. The molecule has 44 heavy (non-hydrogen) atoms. The van der Waals surface area contributed by atoms with Crippen LogP contribution >= 0.6 is 11.6 Å². The number of aromatic nitrogens is 6. The maximum atomic E-state index is 10.5. The molecule has 0 aliphatic carbocycles. The van der Waals surface area contributed by atoms with E-state index in [4.69, 9.17) is 46.6 Å². The standard InChI is InChI=1S/C30H41ClN8O4Si/c1-18-27(32)30(16-43-18)8-10-38(11-9-30)28-21(15-40)34-26-24(37-39(29(26)36-28)17-42-12-13-44(3,4)5)19-6-7-20-25(23(19)31)35-22(41-2)14-33-20/h6-7,14,18,27,40H,8-13,15-17,32H2,1-5H3/t18-,27+/m0/s1. The van der Waals surface area contributed by atoms with Gasteiger partial charge in [-0.3, -0.25) is 0 Å². The molecule has 3 aromatic heterocycles. The Morgan fingerprint density at radius 3 is 2.59 bits per heavy atom. The van der Waals surface area contributed by atoms with Crippen LogP contribution in [-0.4, -0.2) is 88.5 Å². The summed E-state index contributed by atoms with van der Waals surface area (Å²) in [6.45, 7) is 11.7. The van der Waals surface area contributed by atoms with Gasteiger partial charge in [0.2, 0.25) is 5.88 Å². The van der Waals surface area contributed by atoms with Gasteiger partial charge in [0.25, 0.3) is 0 Å². The number of hydrogen-bond donors (Lipinski definition) is 2. The molecule has 14 heteroatoms. The Balaban J connectivity index is 1.40. The van der Waals surface area contributed by atoms with Gasteiger partial charge in [0.05, 0.1) is 43.2 Å². The lowest BCUT2D eigenvalue weighted by molar-refractivity contribution is 0.0814. The molecule has 2 aliphatic rings. The molecule has 2 saturated heterocycles. The van der Waals surface area contributed by atoms with Crippen molar-refractivity contribution < 1.29 is 19.3 Å². The minimum Gasteiger partial charge on any atom is -0.480 e. The van der Waals surface area contributed by atoms with Crippen LogP contribution in [0.2, 0.25) is 30.7 Å². The summed E-state index contributed by atoms with van der Waals surface area (Å²) in [4.78, 5) is 21.2. The molecule has 6 rings (SSSR count). The van der Waals surface area contributed by atoms with Crippen molar-refractivity contribution in [2.75, 3.05) is 38.3 Å². The van der Waals surface area contributed by atoms with Crippen molar-refractivity contribution in [1.29, 1.82) is 0 Å². The molecule has 0 amide bonds. The predicted molar refractivity (Wildman–Crippen MR) is 173 cm³/mol. The first-order valence-electron chi connectivity index (χ1n) is 15.1. The monoisotopic (exact) mass is 640 g/mol. The molecule has 0 unspecified atom stereocenters. The molecule has 4 aromatic rings. The number of aliphatic hydroxyl groups excluding tert-OH is 1. The Hall–Kier alpha value is -2.94. The quantitative estimate of drug-likeness (QED) is 0.200. The summed E-state index contributed by atoms with van der Waals surface area (Å²) >= 11 is 6.94. The molecule has 0 bridgehead atoms. The largest absolute Gasteiger partial charge is 0.480 e. The van der Waals surface area contributed by atoms with Gasteiger partial charge in [-0.05, 0) is 37.9 Å². The SMILES string of the molecule is COc1cnc2ccc(-c3nn(COCC[Si](C)(C)C)c4nc(N5CCC6(CC5)CO[C@@H](C)[C@H]6N)c(CO)nc34)c(Cl)c2n1. The minimum atomic E-state index is -1.28. The highest BCUT2D eigenvalue weighted by atomic mass is 35.5. The number of anilines is 1. The number of methoxy groups -OCH3 is 1. The second-order valence-corrected chi connectivity index (χ2v) is 19.1. The van der Waals surface area contributed by atoms with E-state index in [1.165, 1.54) is 7.11 Å². The number of fused-ring (bicyclic) bond motifs is 2. The highest BCUT2D eigenvalue weighted by molar-refractivity contribution is 6.76. The van der Waals surface area contributed by atoms with Crippen molar-refractivity contribution in [3.8, 4) is 17.1 Å². The third kappa shape index (κ3) is 5.76. The smallest absolute Gasteiger partial charge is 0.232 e. The fraction of sp³-hybridized carbons (Fsp3) is 0.567. The molecule has 2 atom stereocenters. The van der Waals surface area contributed by atoms with Crippen LogP contribution in [0, 0.1) is 5.41 Å². The Labute approximate surface area is 262 Å². The number of halogens is 1. The summed E-state index contributed by atoms with van der Waals surface area (Å²) in [5.74, 6) is 1.00. The van der Waals surface area contributed by atoms with Gasteiger partial charge < -0.3 is 30.0 Å². The normalized spacial score (nSPS) is 20.3. The van der Waals surface area contributed by atoms with Crippen LogP contribution in [0.1, 0.15) is 25.5 Å². The molecule has 5 heterocycles. The van der Waals surface area contributed by atoms with Crippen LogP contribution < -0.4 is 15.4 Å². The van der Waals surface area contributed by atoms with Crippen molar-refractivity contribution in [2.45, 2.75) is 70.9 Å². The number of nitrogens with two attached hydrogens (primary N) is 1. The van der Waals surface area contributed by atoms with Crippen LogP contribution in [0.15, 0.2) is 18.3 Å². The van der Waals surface area contributed by atoms with E-state index in [9.17, 15) is 5.11 Å². The molecule has 0 radical (unpaired) electrons. The average Bonchev–Trinajstić information content (AvgIpc) is 3.50. The zero-order valence-electron chi connectivity index (χ0n) is 26.0. The van der Waals surface area contributed by atoms with E-state index in [1.807, 2.05) is 19.1 Å². The second-order valence-electron chi connectivity index (χ2n) is 13.1. The van der Waals surface area contributed by atoms with Crippen LogP contribution in [-0.2, 0) is 22.8 Å². The second kappa shape index (κ2) is 12.1. The van der Waals surface area contributed by atoms with Crippen molar-refractivity contribution >= 4 is 47.7 Å². The van der Waals surface area contributed by atoms with E-state index < -0.39 is 8.07 Å². The summed E-state index contributed by atoms with van der Waals surface area (Å²) < 4.78 is 19.1. The summed E-state index contributed by atoms with van der Waals surface area (Å²) in [7, 11) is 0.254. The lowest BCUT2D eigenvalue weighted by atomic mass is 9.73. The first-order valence-corrected chi connectivity index (χ1v) is 19.2. The van der Waals surface area contributed by atoms with Crippen molar-refractivity contribution in [3.63, 3.8) is 0 Å². The topological polar surface area (TPSA) is 147 Å². The van der Waals surface area contributed by atoms with E-state index in [0.29, 0.717) is 69.1 Å². The van der Waals surface area contributed by atoms with Gasteiger partial charge in [-0.15, -0.1) is 0 Å². The molecule has 2 aliphatic heterocycles. The van der Waals surface area contributed by atoms with E-state index in [1.54, 1.807) is 10.9 Å². The summed E-state index contributed by atoms with van der Waals surface area (Å²) in [5.41, 5.74) is 10.4. The molecular formula is C30H41ClN8O4Si. The fourth-order valence-corrected chi connectivity index (χ4v) is 7.16. The van der Waals surface area contributed by atoms with Crippen LogP contribution in [0.4, 0.5) is 5.82 Å². The lowest BCUT2D eigenvalue weighted by Crippen LogP contribution is -2.51. The van der Waals surface area contributed by atoms with Gasteiger partial charge in [-0.1, -0.05) is 31.2 Å². The molecule has 1 aromatic carbocycles. The Kier molecular flexibility index (Phi) is 8.54. The summed E-state index contributed by atoms with van der Waals surface area (Å²) in [6, 6.07) is 4.73. The zero-order valence-corrected chi connectivity index (χ0v) is 27.8. The summed E-state index contributed by atoms with van der Waals surface area (Å²) in [5, 5.41) is 15.8. The molecule has 3 N–H and O–H groups in total. The molecule has 1 spiro atoms. The lowest BCUT2D eigenvalue weighted by Gasteiger charge is -2.41. The number of benzene rings is 1. The molecule has 0 saturated carbocycles. The van der Waals surface area contributed by atoms with E-state index in [0.717, 1.165) is 32.0 Å². The molecular weight excluding hydrogens is 600 g/mol. The van der Waals surface area contributed by atoms with Gasteiger partial charge in [-0.25, -0.2) is 24.6 Å². The van der Waals surface area contributed by atoms with Crippen molar-refractivity contribution in [1.82, 2.24) is 29.7 Å². The number of hydrogen-bond acceptors (Lipinski definition) is 11. The van der Waals surface area contributed by atoms with Gasteiger partial charge in [0.1, 0.15) is 29.2 Å². The van der Waals surface area contributed by atoms with Crippen LogP contribution in [0.5, 0.6) is 5.88 Å². The number of piperidine rings is 1. The zero-order chi connectivity index (χ0) is 31.2. The number of ether oxygens (including phenoxy) is 3. The van der Waals surface area contributed by atoms with Gasteiger partial charge in [0.15, 0.2) is 11.5 Å². The summed E-state index contributed by atoms with van der Waals surface area (Å²) in [6.07, 6.45) is 3.36. The van der Waals surface area contributed by atoms with Gasteiger partial charge in [-0.2, -0.15) is 5.10 Å². The van der Waals surface area contributed by atoms with Crippen molar-refractivity contribution in [2.24, 2.45) is 11.1 Å². The van der Waals surface area contributed by atoms with Crippen LogP contribution in [0.25, 0.3) is 33.5 Å². The first-order chi connectivity index (χ1) is 21.0. The Morgan fingerprint density at radius 2 is 1.93 bits per heavy atom. The van der Waals surface area contributed by atoms with E-state index >= 15 is 0 Å². The highest BCUT2D eigenvalue weighted by Crippen LogP contribution is 2.43. The van der Waals surface area contributed by atoms with Gasteiger partial charge >= 0.3 is 0 Å². The third-order valence-corrected chi connectivity index (χ3v) is 11.1. The minimum absolute atomic E-state index is 0.00387. The highest BCUT2D eigenvalue weighted by Gasteiger charge is 2.48. The average molecular weight is 641 g/mol. The maximum absolute atomic E-state index is 10.5. The fourth-order valence-electron chi connectivity index (χ4n) is 6.11. The first kappa shape index (κ1) is 31.1. The number of nitrogens with zero attached hydrogens (tertiary/aromatic N) is 7. The number of rotatable bonds is 9. The number of aliphatic hydroxyl groups is 1. The molecule has 12 nitrogen and oxygen atoms in total. The maximum Gasteiger partial charge on any atom is 0.232 e. The van der Waals surface area contributed by atoms with Crippen molar-refractivity contribution in [3.05, 3.63) is 29.0 Å². The predicted octanol–water partition coefficient (Wildman–Crippen LogP) is 4.24. The van der Waals surface area contributed by atoms with E-state index in [2.05, 4.69) is 34.5 Å². The van der Waals surface area contributed by atoms with E-state index in [-0.39, 0.29) is 30.9 Å². The molecule has 236 valence electrons. The van der Waals surface area contributed by atoms with Crippen LogP contribution in [0.3, 0.4) is 0 Å². The molecule has 2 fully saturated rings.